The first-order chi connectivity index (χ1) is 16.3. The van der Waals surface area contributed by atoms with Crippen molar-refractivity contribution in [2.75, 3.05) is 13.2 Å². The lowest BCUT2D eigenvalue weighted by Gasteiger charge is -2.25. The third kappa shape index (κ3) is 5.41. The van der Waals surface area contributed by atoms with Crippen LogP contribution in [-0.2, 0) is 14.3 Å². The van der Waals surface area contributed by atoms with E-state index in [0.717, 1.165) is 28.7 Å². The number of hydrogen-bond acceptors (Lipinski definition) is 4. The maximum atomic E-state index is 12.6. The van der Waals surface area contributed by atoms with Gasteiger partial charge >= 0.3 is 12.1 Å². The lowest BCUT2D eigenvalue weighted by atomic mass is 9.84. The molecule has 7 nitrogen and oxygen atoms in total. The van der Waals surface area contributed by atoms with E-state index in [1.54, 1.807) is 0 Å². The summed E-state index contributed by atoms with van der Waals surface area (Å²) in [6.45, 7) is 4.89. The predicted octanol–water partition coefficient (Wildman–Crippen LogP) is 4.31. The molecule has 1 unspecified atom stereocenters. The monoisotopic (exact) mass is 464 g/mol. The van der Waals surface area contributed by atoms with E-state index in [1.807, 2.05) is 48.5 Å². The number of carbonyl (C=O) groups is 3. The first-order valence-corrected chi connectivity index (χ1v) is 11.9. The Morgan fingerprint density at radius 2 is 1.62 bits per heavy atom. The van der Waals surface area contributed by atoms with Crippen molar-refractivity contribution in [2.45, 2.75) is 51.5 Å². The van der Waals surface area contributed by atoms with Crippen LogP contribution in [0, 0.1) is 11.3 Å². The third-order valence-electron chi connectivity index (χ3n) is 7.08. The minimum Gasteiger partial charge on any atom is -0.481 e. The smallest absolute Gasteiger partial charge is 0.407 e. The van der Waals surface area contributed by atoms with Crippen LogP contribution in [0.3, 0.4) is 0 Å². The third-order valence-corrected chi connectivity index (χ3v) is 7.08. The zero-order valence-corrected chi connectivity index (χ0v) is 19.7. The highest BCUT2D eigenvalue weighted by Gasteiger charge is 2.37. The van der Waals surface area contributed by atoms with E-state index in [-0.39, 0.29) is 17.9 Å². The molecule has 34 heavy (non-hydrogen) atoms. The van der Waals surface area contributed by atoms with Crippen LogP contribution in [0.25, 0.3) is 11.1 Å². The average Bonchev–Trinajstić information content (AvgIpc) is 3.61. The molecule has 2 aromatic rings. The number of benzene rings is 2. The highest BCUT2D eigenvalue weighted by atomic mass is 16.5. The van der Waals surface area contributed by atoms with E-state index in [9.17, 15) is 19.5 Å². The summed E-state index contributed by atoms with van der Waals surface area (Å²) in [5.41, 5.74) is 4.52. The number of carboxylic acid groups (broad SMARTS) is 1. The molecule has 0 aromatic heterocycles. The zero-order valence-electron chi connectivity index (χ0n) is 19.7. The summed E-state index contributed by atoms with van der Waals surface area (Å²) >= 11 is 0. The molecule has 0 spiro atoms. The van der Waals surface area contributed by atoms with Crippen LogP contribution >= 0.6 is 0 Å². The fourth-order valence-electron chi connectivity index (χ4n) is 4.87. The second kappa shape index (κ2) is 9.87. The van der Waals surface area contributed by atoms with Crippen molar-refractivity contribution in [1.82, 2.24) is 10.6 Å². The van der Waals surface area contributed by atoms with Gasteiger partial charge in [0.25, 0.3) is 0 Å². The van der Waals surface area contributed by atoms with E-state index < -0.39 is 30.4 Å². The largest absolute Gasteiger partial charge is 0.481 e. The van der Waals surface area contributed by atoms with Gasteiger partial charge in [-0.15, -0.1) is 0 Å². The van der Waals surface area contributed by atoms with Gasteiger partial charge in [-0.3, -0.25) is 9.59 Å². The number of carbonyl (C=O) groups excluding carboxylic acids is 2. The fraction of sp³-hybridized carbons (Fsp3) is 0.444. The highest BCUT2D eigenvalue weighted by molar-refractivity contribution is 5.89. The summed E-state index contributed by atoms with van der Waals surface area (Å²) in [5.74, 6) is -1.12. The Kier molecular flexibility index (Phi) is 6.91. The molecule has 2 amide bonds. The first-order valence-electron chi connectivity index (χ1n) is 11.9. The lowest BCUT2D eigenvalue weighted by molar-refractivity contribution is -0.139. The van der Waals surface area contributed by atoms with Gasteiger partial charge in [-0.1, -0.05) is 62.4 Å². The van der Waals surface area contributed by atoms with Crippen LogP contribution < -0.4 is 10.6 Å². The molecule has 2 aliphatic rings. The molecule has 2 aromatic carbocycles. The minimum absolute atomic E-state index is 0.0941. The van der Waals surface area contributed by atoms with Crippen LogP contribution in [0.5, 0.6) is 0 Å². The summed E-state index contributed by atoms with van der Waals surface area (Å²) in [4.78, 5) is 36.5. The quantitative estimate of drug-likeness (QED) is 0.486. The molecule has 1 fully saturated rings. The lowest BCUT2D eigenvalue weighted by Crippen LogP contribution is -2.48. The van der Waals surface area contributed by atoms with Crippen LogP contribution in [0.2, 0.25) is 0 Å². The minimum atomic E-state index is -1.20. The van der Waals surface area contributed by atoms with Gasteiger partial charge in [-0.25, -0.2) is 4.79 Å². The van der Waals surface area contributed by atoms with Crippen molar-refractivity contribution >= 4 is 18.0 Å². The summed E-state index contributed by atoms with van der Waals surface area (Å²) in [6.07, 6.45) is 1.91. The standard InChI is InChI=1S/C27H32N2O5/c1-27(2,17-11-12-17)13-14-28-25(32)23(15-24(30)31)29-26(33)34-16-22-20-9-5-3-7-18(20)19-8-4-6-10-21(19)22/h3-10,17,22-23H,11-16H2,1-2H3,(H,28,32)(H,29,33)(H,30,31). The topological polar surface area (TPSA) is 105 Å². The van der Waals surface area contributed by atoms with Gasteiger partial charge in [0.15, 0.2) is 0 Å². The van der Waals surface area contributed by atoms with Gasteiger partial charge < -0.3 is 20.5 Å². The molecule has 1 saturated carbocycles. The number of ether oxygens (including phenoxy) is 1. The van der Waals surface area contributed by atoms with Gasteiger partial charge in [0.2, 0.25) is 5.91 Å². The summed E-state index contributed by atoms with van der Waals surface area (Å²) < 4.78 is 5.48. The molecule has 2 aliphatic carbocycles. The molecule has 0 aliphatic heterocycles. The SMILES string of the molecule is CC(C)(CCNC(=O)C(CC(=O)O)NC(=O)OCC1c2ccccc2-c2ccccc21)C1CC1. The van der Waals surface area contributed by atoms with E-state index in [0.29, 0.717) is 12.5 Å². The van der Waals surface area contributed by atoms with Gasteiger partial charge in [0, 0.05) is 12.5 Å². The molecule has 1 atom stereocenters. The van der Waals surface area contributed by atoms with Crippen molar-refractivity contribution in [3.8, 4) is 11.1 Å². The Balaban J connectivity index is 1.34. The first kappa shape index (κ1) is 23.8. The number of nitrogens with one attached hydrogen (secondary N) is 2. The molecule has 0 bridgehead atoms. The molecule has 0 radical (unpaired) electrons. The molecular weight excluding hydrogens is 432 g/mol. The second-order valence-corrected chi connectivity index (χ2v) is 9.92. The number of amides is 2. The molecular formula is C27H32N2O5. The number of hydrogen-bond donors (Lipinski definition) is 3. The normalized spacial score (nSPS) is 15.7. The maximum Gasteiger partial charge on any atom is 0.407 e. The van der Waals surface area contributed by atoms with E-state index >= 15 is 0 Å². The number of alkyl carbamates (subject to hydrolysis) is 1. The highest BCUT2D eigenvalue weighted by Crippen LogP contribution is 2.47. The molecule has 0 heterocycles. The van der Waals surface area contributed by atoms with Crippen LogP contribution in [0.15, 0.2) is 48.5 Å². The average molecular weight is 465 g/mol. The number of fused-ring (bicyclic) bond motifs is 3. The van der Waals surface area contributed by atoms with Crippen molar-refractivity contribution in [3.63, 3.8) is 0 Å². The number of aliphatic carboxylic acids is 1. The Morgan fingerprint density at radius 1 is 1.03 bits per heavy atom. The van der Waals surface area contributed by atoms with Gasteiger partial charge in [0.1, 0.15) is 12.6 Å². The van der Waals surface area contributed by atoms with Crippen LogP contribution in [0.1, 0.15) is 56.6 Å². The van der Waals surface area contributed by atoms with E-state index in [2.05, 4.69) is 24.5 Å². The van der Waals surface area contributed by atoms with Gasteiger partial charge in [-0.05, 0) is 52.8 Å². The van der Waals surface area contributed by atoms with E-state index in [4.69, 9.17) is 4.74 Å². The maximum absolute atomic E-state index is 12.6. The Bertz CT molecular complexity index is 1030. The Hall–Kier alpha value is -3.35. The van der Waals surface area contributed by atoms with Crippen molar-refractivity contribution < 1.29 is 24.2 Å². The molecule has 4 rings (SSSR count). The summed E-state index contributed by atoms with van der Waals surface area (Å²) in [5, 5.41) is 14.5. The second-order valence-electron chi connectivity index (χ2n) is 9.92. The van der Waals surface area contributed by atoms with E-state index in [1.165, 1.54) is 12.8 Å². The predicted molar refractivity (Wildman–Crippen MR) is 128 cm³/mol. The summed E-state index contributed by atoms with van der Waals surface area (Å²) in [7, 11) is 0. The van der Waals surface area contributed by atoms with Crippen molar-refractivity contribution in [3.05, 3.63) is 59.7 Å². The van der Waals surface area contributed by atoms with Crippen LogP contribution in [0.4, 0.5) is 4.79 Å². The summed E-state index contributed by atoms with van der Waals surface area (Å²) in [6, 6.07) is 14.8. The number of carboxylic acids is 1. The molecule has 180 valence electrons. The zero-order chi connectivity index (χ0) is 24.3. The van der Waals surface area contributed by atoms with Crippen molar-refractivity contribution in [2.24, 2.45) is 11.3 Å². The Labute approximate surface area is 199 Å². The Morgan fingerprint density at radius 3 is 2.18 bits per heavy atom. The van der Waals surface area contributed by atoms with Gasteiger partial charge in [-0.2, -0.15) is 0 Å². The van der Waals surface area contributed by atoms with Gasteiger partial charge in [0.05, 0.1) is 6.42 Å². The fourth-order valence-corrected chi connectivity index (χ4v) is 4.87. The molecule has 3 N–H and O–H groups in total. The van der Waals surface area contributed by atoms with Crippen molar-refractivity contribution in [1.29, 1.82) is 0 Å². The number of rotatable bonds is 10. The molecule has 0 saturated heterocycles. The van der Waals surface area contributed by atoms with Crippen LogP contribution in [-0.4, -0.2) is 42.3 Å². The molecule has 7 heteroatoms.